The Labute approximate surface area is 120 Å². The fraction of sp³-hybridized carbons (Fsp3) is 0.625. The summed E-state index contributed by atoms with van der Waals surface area (Å²) in [5, 5.41) is 10.7. The van der Waals surface area contributed by atoms with Crippen molar-refractivity contribution in [1.82, 2.24) is 4.90 Å². The third kappa shape index (κ3) is 2.43. The standard InChI is InChI=1S/C16H23NO3/c1-11-10-20-8-7-17(11)15-6-3-12-9-13(19-2)4-5-14(12)16(15)18/h4-5,9,11,15-16,18H,3,6-8,10H2,1-2H3. The fourth-order valence-corrected chi connectivity index (χ4v) is 3.46. The minimum Gasteiger partial charge on any atom is -0.497 e. The first-order valence-electron chi connectivity index (χ1n) is 7.39. The van der Waals surface area contributed by atoms with Crippen molar-refractivity contribution in [3.8, 4) is 5.75 Å². The lowest BCUT2D eigenvalue weighted by molar-refractivity contribution is -0.0593. The molecule has 1 fully saturated rings. The summed E-state index contributed by atoms with van der Waals surface area (Å²) < 4.78 is 10.8. The predicted molar refractivity (Wildman–Crippen MR) is 77.0 cm³/mol. The molecule has 4 nitrogen and oxygen atoms in total. The van der Waals surface area contributed by atoms with Gasteiger partial charge in [-0.3, -0.25) is 4.90 Å². The second-order valence-corrected chi connectivity index (χ2v) is 5.78. The Morgan fingerprint density at radius 3 is 3.00 bits per heavy atom. The Morgan fingerprint density at radius 2 is 2.25 bits per heavy atom. The van der Waals surface area contributed by atoms with Crippen molar-refractivity contribution in [3.63, 3.8) is 0 Å². The predicted octanol–water partition coefficient (Wildman–Crippen LogP) is 1.76. The minimum atomic E-state index is -0.412. The van der Waals surface area contributed by atoms with E-state index in [1.165, 1.54) is 5.56 Å². The Morgan fingerprint density at radius 1 is 1.40 bits per heavy atom. The first kappa shape index (κ1) is 13.9. The molecular formula is C16H23NO3. The van der Waals surface area contributed by atoms with Crippen LogP contribution in [0.2, 0.25) is 0 Å². The van der Waals surface area contributed by atoms with Gasteiger partial charge in [-0.05, 0) is 43.0 Å². The number of ether oxygens (including phenoxy) is 2. The molecule has 1 heterocycles. The molecule has 0 bridgehead atoms. The molecule has 3 atom stereocenters. The van der Waals surface area contributed by atoms with Crippen molar-refractivity contribution in [2.24, 2.45) is 0 Å². The molecule has 2 aliphatic rings. The number of hydrogen-bond donors (Lipinski definition) is 1. The molecule has 0 aromatic heterocycles. The SMILES string of the molecule is COc1ccc2c(c1)CCC(N1CCOCC1C)C2O. The van der Waals surface area contributed by atoms with Crippen LogP contribution in [0.15, 0.2) is 18.2 Å². The third-order valence-corrected chi connectivity index (χ3v) is 4.59. The Bertz CT molecular complexity index is 477. The highest BCUT2D eigenvalue weighted by Crippen LogP contribution is 2.36. The van der Waals surface area contributed by atoms with Crippen molar-refractivity contribution >= 4 is 0 Å². The topological polar surface area (TPSA) is 41.9 Å². The molecule has 1 saturated heterocycles. The fourth-order valence-electron chi connectivity index (χ4n) is 3.46. The minimum absolute atomic E-state index is 0.204. The summed E-state index contributed by atoms with van der Waals surface area (Å²) in [6, 6.07) is 6.58. The lowest BCUT2D eigenvalue weighted by atomic mass is 9.84. The zero-order chi connectivity index (χ0) is 14.1. The first-order chi connectivity index (χ1) is 9.70. The summed E-state index contributed by atoms with van der Waals surface area (Å²) in [5.74, 6) is 0.870. The van der Waals surface area contributed by atoms with Crippen LogP contribution in [0.25, 0.3) is 0 Å². The largest absolute Gasteiger partial charge is 0.497 e. The molecule has 0 spiro atoms. The molecular weight excluding hydrogens is 254 g/mol. The number of aryl methyl sites for hydroxylation is 1. The summed E-state index contributed by atoms with van der Waals surface area (Å²) in [6.45, 7) is 4.62. The monoisotopic (exact) mass is 277 g/mol. The Balaban J connectivity index is 1.83. The second kappa shape index (κ2) is 5.72. The van der Waals surface area contributed by atoms with Crippen molar-refractivity contribution in [1.29, 1.82) is 0 Å². The molecule has 3 rings (SSSR count). The number of methoxy groups -OCH3 is 1. The zero-order valence-electron chi connectivity index (χ0n) is 12.2. The molecule has 1 aromatic carbocycles. The highest BCUT2D eigenvalue weighted by molar-refractivity contribution is 5.39. The van der Waals surface area contributed by atoms with E-state index in [0.717, 1.165) is 43.9 Å². The average Bonchev–Trinajstić information content (AvgIpc) is 2.48. The molecule has 1 N–H and O–H groups in total. The molecule has 3 unspecified atom stereocenters. The van der Waals surface area contributed by atoms with Crippen molar-refractivity contribution in [3.05, 3.63) is 29.3 Å². The number of nitrogens with zero attached hydrogens (tertiary/aromatic N) is 1. The number of aliphatic hydroxyl groups excluding tert-OH is 1. The zero-order valence-corrected chi connectivity index (χ0v) is 12.2. The van der Waals surface area contributed by atoms with Crippen molar-refractivity contribution in [2.75, 3.05) is 26.9 Å². The van der Waals surface area contributed by atoms with Gasteiger partial charge in [-0.15, -0.1) is 0 Å². The normalized spacial score (nSPS) is 30.9. The van der Waals surface area contributed by atoms with Gasteiger partial charge in [-0.2, -0.15) is 0 Å². The third-order valence-electron chi connectivity index (χ3n) is 4.59. The van der Waals surface area contributed by atoms with Gasteiger partial charge in [0.1, 0.15) is 5.75 Å². The maximum Gasteiger partial charge on any atom is 0.119 e. The average molecular weight is 277 g/mol. The van der Waals surface area contributed by atoms with Crippen molar-refractivity contribution < 1.29 is 14.6 Å². The van der Waals surface area contributed by atoms with E-state index in [1.54, 1.807) is 7.11 Å². The molecule has 1 aliphatic heterocycles. The molecule has 20 heavy (non-hydrogen) atoms. The van der Waals surface area contributed by atoms with E-state index in [1.807, 2.05) is 12.1 Å². The van der Waals surface area contributed by atoms with Gasteiger partial charge >= 0.3 is 0 Å². The van der Waals surface area contributed by atoms with E-state index < -0.39 is 6.10 Å². The Hall–Kier alpha value is -1.10. The number of hydrogen-bond acceptors (Lipinski definition) is 4. The van der Waals surface area contributed by atoms with E-state index in [9.17, 15) is 5.11 Å². The van der Waals surface area contributed by atoms with Crippen LogP contribution in [0, 0.1) is 0 Å². The van der Waals surface area contributed by atoms with Crippen LogP contribution in [-0.2, 0) is 11.2 Å². The molecule has 4 heteroatoms. The number of rotatable bonds is 2. The van der Waals surface area contributed by atoms with Crippen LogP contribution < -0.4 is 4.74 Å². The molecule has 0 radical (unpaired) electrons. The maximum absolute atomic E-state index is 10.7. The lowest BCUT2D eigenvalue weighted by Crippen LogP contribution is -2.52. The smallest absolute Gasteiger partial charge is 0.119 e. The quantitative estimate of drug-likeness (QED) is 0.894. The molecule has 0 saturated carbocycles. The van der Waals surface area contributed by atoms with E-state index in [4.69, 9.17) is 9.47 Å². The van der Waals surface area contributed by atoms with E-state index >= 15 is 0 Å². The first-order valence-corrected chi connectivity index (χ1v) is 7.39. The van der Waals surface area contributed by atoms with E-state index in [-0.39, 0.29) is 6.04 Å². The molecule has 1 aliphatic carbocycles. The highest BCUT2D eigenvalue weighted by Gasteiger charge is 2.35. The molecule has 0 amide bonds. The summed E-state index contributed by atoms with van der Waals surface area (Å²) in [4.78, 5) is 2.40. The van der Waals surface area contributed by atoms with Gasteiger partial charge in [-0.1, -0.05) is 6.07 Å². The van der Waals surface area contributed by atoms with Gasteiger partial charge < -0.3 is 14.6 Å². The number of benzene rings is 1. The lowest BCUT2D eigenvalue weighted by Gasteiger charge is -2.43. The van der Waals surface area contributed by atoms with Crippen LogP contribution in [0.4, 0.5) is 0 Å². The molecule has 1 aromatic rings. The van der Waals surface area contributed by atoms with Gasteiger partial charge in [0, 0.05) is 18.6 Å². The van der Waals surface area contributed by atoms with Crippen LogP contribution in [0.5, 0.6) is 5.75 Å². The summed E-state index contributed by atoms with van der Waals surface area (Å²) in [6.07, 6.45) is 1.58. The highest BCUT2D eigenvalue weighted by atomic mass is 16.5. The number of morpholine rings is 1. The molecule has 110 valence electrons. The maximum atomic E-state index is 10.7. The van der Waals surface area contributed by atoms with Crippen molar-refractivity contribution in [2.45, 2.75) is 38.0 Å². The van der Waals surface area contributed by atoms with E-state index in [2.05, 4.69) is 17.9 Å². The summed E-state index contributed by atoms with van der Waals surface area (Å²) in [7, 11) is 1.68. The van der Waals surface area contributed by atoms with Gasteiger partial charge in [-0.25, -0.2) is 0 Å². The van der Waals surface area contributed by atoms with Crippen LogP contribution >= 0.6 is 0 Å². The van der Waals surface area contributed by atoms with Crippen LogP contribution in [0.3, 0.4) is 0 Å². The van der Waals surface area contributed by atoms with Gasteiger partial charge in [0.15, 0.2) is 0 Å². The summed E-state index contributed by atoms with van der Waals surface area (Å²) in [5.41, 5.74) is 2.27. The number of fused-ring (bicyclic) bond motifs is 1. The van der Waals surface area contributed by atoms with Gasteiger partial charge in [0.05, 0.1) is 26.4 Å². The number of aliphatic hydroxyl groups is 1. The van der Waals surface area contributed by atoms with Gasteiger partial charge in [0.2, 0.25) is 0 Å². The van der Waals surface area contributed by atoms with Crippen LogP contribution in [0.1, 0.15) is 30.6 Å². The van der Waals surface area contributed by atoms with E-state index in [0.29, 0.717) is 6.04 Å². The Kier molecular flexibility index (Phi) is 3.96. The second-order valence-electron chi connectivity index (χ2n) is 5.78. The van der Waals surface area contributed by atoms with Gasteiger partial charge in [0.25, 0.3) is 0 Å². The summed E-state index contributed by atoms with van der Waals surface area (Å²) >= 11 is 0. The van der Waals surface area contributed by atoms with Crippen LogP contribution in [-0.4, -0.2) is 49.0 Å².